The van der Waals surface area contributed by atoms with Gasteiger partial charge in [-0.2, -0.15) is 0 Å². The molecule has 2 saturated carbocycles. The van der Waals surface area contributed by atoms with Gasteiger partial charge in [0.1, 0.15) is 0 Å². The van der Waals surface area contributed by atoms with E-state index in [2.05, 4.69) is 50.4 Å². The van der Waals surface area contributed by atoms with Gasteiger partial charge in [-0.1, -0.05) is 117 Å². The van der Waals surface area contributed by atoms with Crippen molar-refractivity contribution >= 4 is 5.78 Å². The lowest BCUT2D eigenvalue weighted by Crippen LogP contribution is -2.10. The van der Waals surface area contributed by atoms with Crippen molar-refractivity contribution in [3.63, 3.8) is 0 Å². The quantitative estimate of drug-likeness (QED) is 0.173. The topological polar surface area (TPSA) is 30.0 Å². The van der Waals surface area contributed by atoms with E-state index in [0.29, 0.717) is 18.1 Å². The van der Waals surface area contributed by atoms with Gasteiger partial charge in [0.2, 0.25) is 0 Å². The number of hydrogen-bond acceptors (Lipinski definition) is 2. The normalized spacial score (nSPS) is 19.2. The number of carbonyl (C=O) groups is 1. The maximum absolute atomic E-state index is 13.1. The summed E-state index contributed by atoms with van der Waals surface area (Å²) in [5, 5.41) is 0. The molecule has 2 atom stereocenters. The number of hydrogen-bond donors (Lipinski definition) is 0. The van der Waals surface area contributed by atoms with Gasteiger partial charge >= 0.3 is 0 Å². The second-order valence-electron chi connectivity index (χ2n) is 11.6. The fourth-order valence-corrected chi connectivity index (χ4v) is 6.25. The molecule has 4 rings (SSSR count). The second kappa shape index (κ2) is 17.3. The molecule has 1 heterocycles. The van der Waals surface area contributed by atoms with Gasteiger partial charge in [-0.25, -0.2) is 0 Å². The van der Waals surface area contributed by atoms with Gasteiger partial charge in [0.25, 0.3) is 0 Å². The van der Waals surface area contributed by atoms with E-state index >= 15 is 0 Å². The van der Waals surface area contributed by atoms with Crippen LogP contribution in [0.25, 0.3) is 0 Å². The molecule has 2 unspecified atom stereocenters. The van der Waals surface area contributed by atoms with E-state index in [4.69, 9.17) is 4.98 Å². The molecule has 0 aliphatic heterocycles. The van der Waals surface area contributed by atoms with E-state index in [0.717, 1.165) is 48.8 Å². The molecule has 0 saturated heterocycles. The maximum atomic E-state index is 13.1. The largest absolute Gasteiger partial charge is 0.294 e. The zero-order chi connectivity index (χ0) is 27.3. The average Bonchev–Trinajstić information content (AvgIpc) is 3.37. The predicted molar refractivity (Wildman–Crippen MR) is 171 cm³/mol. The number of allylic oxidation sites excluding steroid dienone is 1. The highest BCUT2D eigenvalue weighted by atomic mass is 16.1. The van der Waals surface area contributed by atoms with Crippen molar-refractivity contribution < 1.29 is 6.22 Å². The molecule has 0 spiro atoms. The van der Waals surface area contributed by atoms with Crippen molar-refractivity contribution in [2.75, 3.05) is 0 Å². The molecule has 39 heavy (non-hydrogen) atoms. The van der Waals surface area contributed by atoms with Crippen molar-refractivity contribution in [3.05, 3.63) is 82.4 Å². The summed E-state index contributed by atoms with van der Waals surface area (Å²) in [7, 11) is 0. The Labute approximate surface area is 241 Å². The maximum Gasteiger partial charge on any atom is 0.163 e. The fraction of sp³-hybridized carbons (Fsp3) is 0.595. The van der Waals surface area contributed by atoms with Crippen LogP contribution in [0.3, 0.4) is 0 Å². The summed E-state index contributed by atoms with van der Waals surface area (Å²) in [6.07, 6.45) is 16.1. The Balaban J connectivity index is 0.00000196. The van der Waals surface area contributed by atoms with E-state index in [1.165, 1.54) is 80.2 Å². The molecule has 0 N–H and O–H groups in total. The van der Waals surface area contributed by atoms with Crippen LogP contribution in [0, 0.1) is 17.8 Å². The van der Waals surface area contributed by atoms with Gasteiger partial charge in [-0.05, 0) is 65.8 Å². The first kappa shape index (κ1) is 32.8. The molecule has 2 fully saturated rings. The highest BCUT2D eigenvalue weighted by Gasteiger charge is 2.21. The Hall–Kier alpha value is -2.44. The standard InChI is InChI=1S/C34H45NO.C2H6.CH4.H2/c1-4-26(5-2)20-30-18-19-32(35-33(30)23-27-11-6-7-12-27)22-29-14-9-15-31(21-29)34(36)24-28-13-8-10-25(3)16-17-28;1-2;;/h9,14-15,18-19,21,25,27-28H,1,5-8,10-13,16-17,20,22-24H2,2-3H3;1-2H3;1H4;1H. The third kappa shape index (κ3) is 10.2. The third-order valence-corrected chi connectivity index (χ3v) is 8.65. The highest BCUT2D eigenvalue weighted by Crippen LogP contribution is 2.31. The Bertz CT molecular complexity index is 1080. The van der Waals surface area contributed by atoms with Gasteiger partial charge in [0.05, 0.1) is 0 Å². The lowest BCUT2D eigenvalue weighted by Gasteiger charge is -2.15. The molecule has 1 aromatic heterocycles. The van der Waals surface area contributed by atoms with Crippen LogP contribution < -0.4 is 0 Å². The summed E-state index contributed by atoms with van der Waals surface area (Å²) in [6.45, 7) is 12.4. The van der Waals surface area contributed by atoms with Crippen LogP contribution in [0.5, 0.6) is 0 Å². The Morgan fingerprint density at radius 1 is 1.00 bits per heavy atom. The summed E-state index contributed by atoms with van der Waals surface area (Å²) >= 11 is 0. The predicted octanol–water partition coefficient (Wildman–Crippen LogP) is 10.8. The summed E-state index contributed by atoms with van der Waals surface area (Å²) in [4.78, 5) is 18.3. The number of carbonyl (C=O) groups excluding carboxylic acids is 1. The minimum Gasteiger partial charge on any atom is -0.294 e. The molecule has 2 nitrogen and oxygen atoms in total. The summed E-state index contributed by atoms with van der Waals surface area (Å²) in [5.74, 6) is 2.44. The number of pyridine rings is 1. The second-order valence-corrected chi connectivity index (χ2v) is 11.6. The summed E-state index contributed by atoms with van der Waals surface area (Å²) in [6, 6.07) is 12.8. The van der Waals surface area contributed by atoms with Crippen LogP contribution in [-0.4, -0.2) is 10.8 Å². The van der Waals surface area contributed by atoms with Crippen molar-refractivity contribution in [1.82, 2.24) is 4.98 Å². The van der Waals surface area contributed by atoms with Crippen LogP contribution in [0.2, 0.25) is 0 Å². The lowest BCUT2D eigenvalue weighted by atomic mass is 9.91. The Morgan fingerprint density at radius 3 is 2.46 bits per heavy atom. The number of benzene rings is 1. The molecule has 0 amide bonds. The number of rotatable bonds is 10. The van der Waals surface area contributed by atoms with E-state index in [9.17, 15) is 4.79 Å². The molecule has 0 bridgehead atoms. The van der Waals surface area contributed by atoms with Crippen molar-refractivity contribution in [2.45, 2.75) is 125 Å². The van der Waals surface area contributed by atoms with E-state index in [1.807, 2.05) is 26.0 Å². The van der Waals surface area contributed by atoms with Gasteiger partial charge < -0.3 is 0 Å². The monoisotopic (exact) mass is 531 g/mol. The van der Waals surface area contributed by atoms with Crippen LogP contribution in [0.4, 0.5) is 0 Å². The van der Waals surface area contributed by atoms with E-state index < -0.39 is 0 Å². The average molecular weight is 532 g/mol. The van der Waals surface area contributed by atoms with Gasteiger partial charge in [0.15, 0.2) is 5.78 Å². The van der Waals surface area contributed by atoms with Crippen LogP contribution in [0.1, 0.15) is 140 Å². The molecule has 2 aromatic rings. The molecule has 2 aliphatic rings. The van der Waals surface area contributed by atoms with Gasteiger partial charge in [-0.15, -0.1) is 5.73 Å². The van der Waals surface area contributed by atoms with Crippen molar-refractivity contribution in [2.24, 2.45) is 17.8 Å². The highest BCUT2D eigenvalue weighted by molar-refractivity contribution is 5.96. The minimum absolute atomic E-state index is 0. The van der Waals surface area contributed by atoms with Gasteiger partial charge in [0, 0.05) is 37.6 Å². The zero-order valence-corrected chi connectivity index (χ0v) is 24.7. The lowest BCUT2D eigenvalue weighted by molar-refractivity contribution is 0.0956. The smallest absolute Gasteiger partial charge is 0.163 e. The Kier molecular flexibility index (Phi) is 14.5. The molecule has 2 heteroatoms. The zero-order valence-electron chi connectivity index (χ0n) is 24.7. The van der Waals surface area contributed by atoms with Crippen molar-refractivity contribution in [3.8, 4) is 0 Å². The van der Waals surface area contributed by atoms with Crippen molar-refractivity contribution in [1.29, 1.82) is 0 Å². The Morgan fingerprint density at radius 2 is 1.74 bits per heavy atom. The van der Waals surface area contributed by atoms with Gasteiger partial charge in [-0.3, -0.25) is 9.78 Å². The third-order valence-electron chi connectivity index (χ3n) is 8.65. The van der Waals surface area contributed by atoms with Crippen LogP contribution in [-0.2, 0) is 19.3 Å². The molecular weight excluding hydrogens is 474 g/mol. The first-order valence-corrected chi connectivity index (χ1v) is 15.5. The minimum atomic E-state index is 0. The number of aromatic nitrogens is 1. The molecule has 0 radical (unpaired) electrons. The molecule has 216 valence electrons. The SMILES string of the molecule is C.C=C=C(CC)Cc1ccc(Cc2cccc(C(=O)CC3CCCC(C)CC3)c2)nc1CC1CCCC1.CC.[HH]. The number of nitrogens with zero attached hydrogens (tertiary/aromatic N) is 1. The fourth-order valence-electron chi connectivity index (χ4n) is 6.25. The van der Waals surface area contributed by atoms with Crippen LogP contribution >= 0.6 is 0 Å². The summed E-state index contributed by atoms with van der Waals surface area (Å²) < 4.78 is 0. The molecular formula is C37H57NO. The van der Waals surface area contributed by atoms with E-state index in [-0.39, 0.29) is 8.85 Å². The number of ketones is 1. The van der Waals surface area contributed by atoms with Crippen LogP contribution in [0.15, 0.2) is 54.3 Å². The molecule has 2 aliphatic carbocycles. The first-order valence-electron chi connectivity index (χ1n) is 15.5. The molecule has 1 aromatic carbocycles. The first-order chi connectivity index (χ1) is 18.5. The van der Waals surface area contributed by atoms with E-state index in [1.54, 1.807) is 0 Å². The summed E-state index contributed by atoms with van der Waals surface area (Å²) in [5.41, 5.74) is 10.1. The number of Topliss-reactive ketones (excluding diaryl/α,β-unsaturated/α-hetero) is 1.